The third-order valence-electron chi connectivity index (χ3n) is 3.45. The largest absolute Gasteiger partial charge is 0.493 e. The monoisotopic (exact) mass is 421 g/mol. The van der Waals surface area contributed by atoms with E-state index in [1.165, 1.54) is 14.2 Å². The van der Waals surface area contributed by atoms with E-state index in [2.05, 4.69) is 20.9 Å². The van der Waals surface area contributed by atoms with Gasteiger partial charge in [0.05, 0.1) is 19.2 Å². The number of carbonyl (C=O) groups excluding carboxylic acids is 1. The molecule has 0 saturated carbocycles. The Bertz CT molecular complexity index is 908. The van der Waals surface area contributed by atoms with E-state index < -0.39 is 5.97 Å². The van der Waals surface area contributed by atoms with Gasteiger partial charge in [0.1, 0.15) is 0 Å². The first-order valence-electron chi connectivity index (χ1n) is 7.22. The first-order valence-corrected chi connectivity index (χ1v) is 8.39. The van der Waals surface area contributed by atoms with Gasteiger partial charge >= 0.3 is 5.97 Å². The number of halogens is 2. The van der Waals surface area contributed by atoms with E-state index in [4.69, 9.17) is 25.8 Å². The van der Waals surface area contributed by atoms with Crippen molar-refractivity contribution in [3.05, 3.63) is 62.7 Å². The van der Waals surface area contributed by atoms with Gasteiger partial charge in [-0.3, -0.25) is 0 Å². The molecular weight excluding hydrogens is 410 g/mol. The molecule has 0 spiro atoms. The third-order valence-corrected chi connectivity index (χ3v) is 4.23. The number of hydrogen-bond donors (Lipinski definition) is 0. The average molecular weight is 423 g/mol. The van der Waals surface area contributed by atoms with Crippen molar-refractivity contribution in [2.75, 3.05) is 14.2 Å². The summed E-state index contributed by atoms with van der Waals surface area (Å²) in [6.07, 6.45) is 1.58. The number of hydrogen-bond acceptors (Lipinski definition) is 5. The zero-order valence-electron chi connectivity index (χ0n) is 13.4. The number of ether oxygens (including phenoxy) is 3. The Balaban J connectivity index is 1.98. The fourth-order valence-corrected chi connectivity index (χ4v) is 3.03. The quantitative estimate of drug-likeness (QED) is 0.539. The SMILES string of the molecule is COc1cc(/C=C2/N=C(c3cccc(Br)c3)OC2=O)cc(Cl)c1OC. The molecule has 128 valence electrons. The summed E-state index contributed by atoms with van der Waals surface area (Å²) in [6.45, 7) is 0. The van der Waals surface area contributed by atoms with Crippen LogP contribution in [-0.2, 0) is 9.53 Å². The lowest BCUT2D eigenvalue weighted by Gasteiger charge is -2.10. The number of aliphatic imine (C=N–C) groups is 1. The van der Waals surface area contributed by atoms with E-state index in [0.717, 1.165) is 4.47 Å². The molecule has 0 saturated heterocycles. The van der Waals surface area contributed by atoms with E-state index in [1.54, 1.807) is 18.2 Å². The van der Waals surface area contributed by atoms with Gasteiger partial charge < -0.3 is 14.2 Å². The number of benzene rings is 2. The number of carbonyl (C=O) groups is 1. The van der Waals surface area contributed by atoms with Crippen LogP contribution in [0.1, 0.15) is 11.1 Å². The number of rotatable bonds is 4. The molecule has 0 amide bonds. The van der Waals surface area contributed by atoms with Crippen LogP contribution >= 0.6 is 27.5 Å². The second-order valence-corrected chi connectivity index (χ2v) is 6.41. The lowest BCUT2D eigenvalue weighted by atomic mass is 10.1. The molecule has 25 heavy (non-hydrogen) atoms. The van der Waals surface area contributed by atoms with Gasteiger partial charge in [-0.15, -0.1) is 0 Å². The van der Waals surface area contributed by atoms with E-state index in [1.807, 2.05) is 24.3 Å². The summed E-state index contributed by atoms with van der Waals surface area (Å²) in [7, 11) is 3.02. The van der Waals surface area contributed by atoms with E-state index >= 15 is 0 Å². The van der Waals surface area contributed by atoms with E-state index in [9.17, 15) is 4.79 Å². The summed E-state index contributed by atoms with van der Waals surface area (Å²) in [5.41, 5.74) is 1.53. The van der Waals surface area contributed by atoms with Crippen molar-refractivity contribution >= 4 is 45.5 Å². The van der Waals surface area contributed by atoms with Crippen molar-refractivity contribution in [1.29, 1.82) is 0 Å². The van der Waals surface area contributed by atoms with E-state index in [-0.39, 0.29) is 11.6 Å². The number of cyclic esters (lactones) is 1. The summed E-state index contributed by atoms with van der Waals surface area (Å²) < 4.78 is 16.6. The molecule has 5 nitrogen and oxygen atoms in total. The summed E-state index contributed by atoms with van der Waals surface area (Å²) in [6, 6.07) is 10.7. The molecule has 2 aromatic carbocycles. The Labute approximate surface area is 158 Å². The van der Waals surface area contributed by atoms with Crippen LogP contribution in [0.3, 0.4) is 0 Å². The van der Waals surface area contributed by atoms with Crippen LogP contribution < -0.4 is 9.47 Å². The molecule has 0 aromatic heterocycles. The summed E-state index contributed by atoms with van der Waals surface area (Å²) in [4.78, 5) is 16.4. The average Bonchev–Trinajstić information content (AvgIpc) is 2.95. The molecule has 3 rings (SSSR count). The Morgan fingerprint density at radius 2 is 2.00 bits per heavy atom. The van der Waals surface area contributed by atoms with Gasteiger partial charge in [0, 0.05) is 10.0 Å². The van der Waals surface area contributed by atoms with Crippen molar-refractivity contribution in [3.63, 3.8) is 0 Å². The van der Waals surface area contributed by atoms with Crippen LogP contribution in [-0.4, -0.2) is 26.1 Å². The Hall–Kier alpha value is -2.31. The molecule has 1 heterocycles. The highest BCUT2D eigenvalue weighted by Crippen LogP contribution is 2.37. The normalized spacial score (nSPS) is 15.1. The van der Waals surface area contributed by atoms with Gasteiger partial charge in [-0.1, -0.05) is 33.6 Å². The first kappa shape index (κ1) is 17.5. The van der Waals surface area contributed by atoms with Crippen LogP contribution in [0.2, 0.25) is 5.02 Å². The van der Waals surface area contributed by atoms with Gasteiger partial charge in [0.25, 0.3) is 0 Å². The zero-order valence-corrected chi connectivity index (χ0v) is 15.7. The van der Waals surface area contributed by atoms with Crippen molar-refractivity contribution in [3.8, 4) is 11.5 Å². The standard InChI is InChI=1S/C18H13BrClNO4/c1-23-15-8-10(6-13(20)16(15)24-2)7-14-18(22)25-17(21-14)11-4-3-5-12(19)9-11/h3-9H,1-2H3/b14-7+. The maximum Gasteiger partial charge on any atom is 0.363 e. The fourth-order valence-electron chi connectivity index (χ4n) is 2.33. The maximum absolute atomic E-state index is 12.1. The van der Waals surface area contributed by atoms with Crippen molar-refractivity contribution in [2.45, 2.75) is 0 Å². The summed E-state index contributed by atoms with van der Waals surface area (Å²) in [5.74, 6) is 0.619. The highest BCUT2D eigenvalue weighted by atomic mass is 79.9. The minimum Gasteiger partial charge on any atom is -0.493 e. The van der Waals surface area contributed by atoms with Gasteiger partial charge in [-0.05, 0) is 42.0 Å². The molecule has 0 atom stereocenters. The lowest BCUT2D eigenvalue weighted by molar-refractivity contribution is -0.129. The van der Waals surface area contributed by atoms with Crippen molar-refractivity contribution in [2.24, 2.45) is 4.99 Å². The topological polar surface area (TPSA) is 57.1 Å². The van der Waals surface area contributed by atoms with E-state index in [0.29, 0.717) is 27.6 Å². The Morgan fingerprint density at radius 1 is 1.20 bits per heavy atom. The highest BCUT2D eigenvalue weighted by molar-refractivity contribution is 9.10. The van der Waals surface area contributed by atoms with Gasteiger partial charge in [-0.2, -0.15) is 0 Å². The molecule has 0 fully saturated rings. The maximum atomic E-state index is 12.1. The van der Waals surface area contributed by atoms with Gasteiger partial charge in [0.15, 0.2) is 17.2 Å². The number of methoxy groups -OCH3 is 2. The molecule has 0 aliphatic carbocycles. The van der Waals surface area contributed by atoms with Crippen LogP contribution in [0.25, 0.3) is 6.08 Å². The predicted molar refractivity (Wildman–Crippen MR) is 99.3 cm³/mol. The molecule has 1 aliphatic rings. The van der Waals surface area contributed by atoms with Crippen LogP contribution in [0.4, 0.5) is 0 Å². The smallest absolute Gasteiger partial charge is 0.363 e. The van der Waals surface area contributed by atoms with Gasteiger partial charge in [-0.25, -0.2) is 9.79 Å². The minimum atomic E-state index is -0.527. The predicted octanol–water partition coefficient (Wildman–Crippen LogP) is 4.46. The Morgan fingerprint density at radius 3 is 2.68 bits per heavy atom. The molecule has 0 bridgehead atoms. The molecule has 1 aliphatic heterocycles. The molecule has 0 N–H and O–H groups in total. The second-order valence-electron chi connectivity index (χ2n) is 5.08. The second kappa shape index (κ2) is 7.29. The molecule has 0 radical (unpaired) electrons. The summed E-state index contributed by atoms with van der Waals surface area (Å²) >= 11 is 9.57. The van der Waals surface area contributed by atoms with Crippen LogP contribution in [0.5, 0.6) is 11.5 Å². The lowest BCUT2D eigenvalue weighted by Crippen LogP contribution is -2.05. The number of nitrogens with zero attached hydrogens (tertiary/aromatic N) is 1. The fraction of sp³-hybridized carbons (Fsp3) is 0.111. The van der Waals surface area contributed by atoms with Crippen LogP contribution in [0.15, 0.2) is 51.6 Å². The Kier molecular flexibility index (Phi) is 5.11. The molecule has 0 unspecified atom stereocenters. The van der Waals surface area contributed by atoms with Crippen molar-refractivity contribution < 1.29 is 19.0 Å². The molecule has 2 aromatic rings. The minimum absolute atomic E-state index is 0.179. The number of esters is 1. The van der Waals surface area contributed by atoms with Gasteiger partial charge in [0.2, 0.25) is 5.90 Å². The molecule has 7 heteroatoms. The third kappa shape index (κ3) is 3.70. The van der Waals surface area contributed by atoms with Crippen LogP contribution in [0, 0.1) is 0 Å². The first-order chi connectivity index (χ1) is 12.0. The molecular formula is C18H13BrClNO4. The summed E-state index contributed by atoms with van der Waals surface area (Å²) in [5, 5.41) is 0.372. The van der Waals surface area contributed by atoms with Crippen molar-refractivity contribution in [1.82, 2.24) is 0 Å². The zero-order chi connectivity index (χ0) is 18.0. The highest BCUT2D eigenvalue weighted by Gasteiger charge is 2.24.